The van der Waals surface area contributed by atoms with Gasteiger partial charge < -0.3 is 25.6 Å². The molecular formula is C24H23N3O6S. The molecule has 1 aliphatic rings. The second-order valence-electron chi connectivity index (χ2n) is 7.67. The average molecular weight is 482 g/mol. The zero-order chi connectivity index (χ0) is 24.1. The highest BCUT2D eigenvalue weighted by atomic mass is 32.1. The first-order valence-corrected chi connectivity index (χ1v) is 11.5. The van der Waals surface area contributed by atoms with E-state index in [9.17, 15) is 14.4 Å². The lowest BCUT2D eigenvalue weighted by molar-refractivity contribution is -0.139. The van der Waals surface area contributed by atoms with Crippen molar-refractivity contribution < 1.29 is 29.3 Å². The maximum Gasteiger partial charge on any atom is 0.407 e. The number of aliphatic hydroxyl groups excluding tert-OH is 1. The van der Waals surface area contributed by atoms with Gasteiger partial charge in [0.05, 0.1) is 12.7 Å². The van der Waals surface area contributed by atoms with Crippen LogP contribution in [0.15, 0.2) is 54.7 Å². The first-order chi connectivity index (χ1) is 16.5. The molecule has 2 aromatic carbocycles. The van der Waals surface area contributed by atoms with Gasteiger partial charge in [0.1, 0.15) is 22.5 Å². The van der Waals surface area contributed by atoms with Crippen LogP contribution < -0.4 is 10.6 Å². The maximum absolute atomic E-state index is 12.3. The van der Waals surface area contributed by atoms with E-state index >= 15 is 0 Å². The summed E-state index contributed by atoms with van der Waals surface area (Å²) in [5, 5.41) is 23.5. The number of carbonyl (C=O) groups excluding carboxylic acids is 2. The summed E-state index contributed by atoms with van der Waals surface area (Å²) >= 11 is 1.03. The number of nitrogens with one attached hydrogen (secondary N) is 2. The number of aromatic nitrogens is 1. The Hall–Kier alpha value is -3.76. The molecule has 10 heteroatoms. The normalized spacial score (nSPS) is 13.0. The second kappa shape index (κ2) is 10.4. The molecule has 34 heavy (non-hydrogen) atoms. The van der Waals surface area contributed by atoms with Crippen molar-refractivity contribution in [2.24, 2.45) is 0 Å². The van der Waals surface area contributed by atoms with Crippen LogP contribution in [0.4, 0.5) is 4.79 Å². The number of ether oxygens (including phenoxy) is 1. The Bertz CT molecular complexity index is 1170. The van der Waals surface area contributed by atoms with Gasteiger partial charge in [-0.05, 0) is 22.3 Å². The zero-order valence-electron chi connectivity index (χ0n) is 18.1. The summed E-state index contributed by atoms with van der Waals surface area (Å²) in [7, 11) is 0. The smallest absolute Gasteiger partial charge is 0.407 e. The highest BCUT2D eigenvalue weighted by Gasteiger charge is 2.29. The van der Waals surface area contributed by atoms with E-state index in [1.807, 2.05) is 36.4 Å². The van der Waals surface area contributed by atoms with Crippen molar-refractivity contribution in [1.29, 1.82) is 0 Å². The summed E-state index contributed by atoms with van der Waals surface area (Å²) in [6.45, 7) is -0.115. The van der Waals surface area contributed by atoms with Crippen LogP contribution in [0.5, 0.6) is 0 Å². The number of carboxylic acid groups (broad SMARTS) is 1. The summed E-state index contributed by atoms with van der Waals surface area (Å²) in [6.07, 6.45) is 0.611. The molecule has 1 aliphatic carbocycles. The minimum Gasteiger partial charge on any atom is -0.480 e. The van der Waals surface area contributed by atoms with Crippen molar-refractivity contribution in [2.45, 2.75) is 24.9 Å². The average Bonchev–Trinajstić information content (AvgIpc) is 3.44. The Kier molecular flexibility index (Phi) is 7.19. The summed E-state index contributed by atoms with van der Waals surface area (Å²) in [5.41, 5.74) is 4.52. The van der Waals surface area contributed by atoms with Crippen LogP contribution in [-0.2, 0) is 16.1 Å². The maximum atomic E-state index is 12.3. The number of amides is 2. The van der Waals surface area contributed by atoms with Crippen molar-refractivity contribution in [3.63, 3.8) is 0 Å². The number of hydrogen-bond donors (Lipinski definition) is 4. The number of rotatable bonds is 9. The monoisotopic (exact) mass is 481 g/mol. The molecule has 1 unspecified atom stereocenters. The number of nitrogens with zero attached hydrogens (tertiary/aromatic N) is 1. The number of hydrogen-bond acceptors (Lipinski definition) is 7. The molecule has 1 atom stereocenters. The fourth-order valence-electron chi connectivity index (χ4n) is 3.91. The van der Waals surface area contributed by atoms with Gasteiger partial charge >= 0.3 is 12.1 Å². The zero-order valence-corrected chi connectivity index (χ0v) is 18.9. The van der Waals surface area contributed by atoms with E-state index in [-0.39, 0.29) is 37.0 Å². The van der Waals surface area contributed by atoms with E-state index in [4.69, 9.17) is 14.9 Å². The lowest BCUT2D eigenvalue weighted by Gasteiger charge is -2.14. The second-order valence-corrected chi connectivity index (χ2v) is 8.79. The summed E-state index contributed by atoms with van der Waals surface area (Å²) in [4.78, 5) is 40.0. The van der Waals surface area contributed by atoms with Crippen molar-refractivity contribution >= 4 is 29.3 Å². The van der Waals surface area contributed by atoms with Crippen LogP contribution >= 0.6 is 11.3 Å². The highest BCUT2D eigenvalue weighted by molar-refractivity contribution is 7.13. The Morgan fingerprint density at radius 3 is 2.32 bits per heavy atom. The van der Waals surface area contributed by atoms with Crippen LogP contribution in [0.1, 0.15) is 38.1 Å². The van der Waals surface area contributed by atoms with Gasteiger partial charge in [-0.15, -0.1) is 11.3 Å². The number of carboxylic acids is 1. The van der Waals surface area contributed by atoms with Gasteiger partial charge in [-0.25, -0.2) is 14.6 Å². The van der Waals surface area contributed by atoms with Crippen molar-refractivity contribution in [3.8, 4) is 11.1 Å². The molecule has 0 saturated heterocycles. The third-order valence-electron chi connectivity index (χ3n) is 5.53. The Balaban J connectivity index is 1.30. The molecule has 4 rings (SSSR count). The molecular weight excluding hydrogens is 458 g/mol. The number of thiazole rings is 1. The van der Waals surface area contributed by atoms with Gasteiger partial charge in [-0.3, -0.25) is 4.79 Å². The molecule has 2 amide bonds. The number of aliphatic hydroxyl groups is 1. The molecule has 0 spiro atoms. The van der Waals surface area contributed by atoms with E-state index in [0.29, 0.717) is 5.01 Å². The summed E-state index contributed by atoms with van der Waals surface area (Å²) in [5.74, 6) is -1.88. The van der Waals surface area contributed by atoms with Crippen molar-refractivity contribution in [1.82, 2.24) is 15.6 Å². The minimum absolute atomic E-state index is 0.0468. The third kappa shape index (κ3) is 5.08. The van der Waals surface area contributed by atoms with Crippen LogP contribution in [0.3, 0.4) is 0 Å². The van der Waals surface area contributed by atoms with E-state index in [2.05, 4.69) is 27.8 Å². The first-order valence-electron chi connectivity index (χ1n) is 10.7. The number of carbonyl (C=O) groups is 3. The van der Waals surface area contributed by atoms with Gasteiger partial charge in [0, 0.05) is 18.9 Å². The SMILES string of the molecule is O=C(NCc1ncc(C(=O)NC(CCO)C(=O)O)s1)OCC1c2ccccc2-c2ccccc21. The number of alkyl carbamates (subject to hydrolysis) is 1. The van der Waals surface area contributed by atoms with Crippen LogP contribution in [0, 0.1) is 0 Å². The number of benzene rings is 2. The molecule has 1 heterocycles. The molecule has 0 aliphatic heterocycles. The number of aliphatic carboxylic acids is 1. The van der Waals surface area contributed by atoms with Crippen LogP contribution in [0.25, 0.3) is 11.1 Å². The third-order valence-corrected chi connectivity index (χ3v) is 6.52. The minimum atomic E-state index is -1.23. The molecule has 4 N–H and O–H groups in total. The predicted molar refractivity (Wildman–Crippen MR) is 125 cm³/mol. The molecule has 0 radical (unpaired) electrons. The van der Waals surface area contributed by atoms with E-state index < -0.39 is 24.0 Å². The van der Waals surface area contributed by atoms with Crippen LogP contribution in [0.2, 0.25) is 0 Å². The molecule has 3 aromatic rings. The highest BCUT2D eigenvalue weighted by Crippen LogP contribution is 2.44. The summed E-state index contributed by atoms with van der Waals surface area (Å²) in [6, 6.07) is 14.9. The molecule has 0 fully saturated rings. The molecule has 1 aromatic heterocycles. The topological polar surface area (TPSA) is 138 Å². The first kappa shape index (κ1) is 23.4. The van der Waals surface area contributed by atoms with E-state index in [0.717, 1.165) is 33.6 Å². The number of fused-ring (bicyclic) bond motifs is 3. The molecule has 176 valence electrons. The Morgan fingerprint density at radius 1 is 1.06 bits per heavy atom. The lowest BCUT2D eigenvalue weighted by Crippen LogP contribution is -2.41. The van der Waals surface area contributed by atoms with Crippen molar-refractivity contribution in [3.05, 3.63) is 75.7 Å². The van der Waals surface area contributed by atoms with E-state index in [1.165, 1.54) is 6.20 Å². The predicted octanol–water partition coefficient (Wildman–Crippen LogP) is 2.75. The lowest BCUT2D eigenvalue weighted by atomic mass is 9.98. The quantitative estimate of drug-likeness (QED) is 0.369. The van der Waals surface area contributed by atoms with Gasteiger partial charge in [0.15, 0.2) is 0 Å². The molecule has 0 bridgehead atoms. The van der Waals surface area contributed by atoms with E-state index in [1.54, 1.807) is 0 Å². The fraction of sp³-hybridized carbons (Fsp3) is 0.250. The fourth-order valence-corrected chi connectivity index (χ4v) is 4.67. The van der Waals surface area contributed by atoms with Gasteiger partial charge in [-0.2, -0.15) is 0 Å². The summed E-state index contributed by atoms with van der Waals surface area (Å²) < 4.78 is 5.48. The Labute approximate surface area is 199 Å². The van der Waals surface area contributed by atoms with Crippen LogP contribution in [-0.4, -0.2) is 52.4 Å². The molecule has 0 saturated carbocycles. The van der Waals surface area contributed by atoms with Gasteiger partial charge in [-0.1, -0.05) is 48.5 Å². The molecule has 9 nitrogen and oxygen atoms in total. The van der Waals surface area contributed by atoms with Gasteiger partial charge in [0.25, 0.3) is 5.91 Å². The standard InChI is InChI=1S/C24H23N3O6S/c28-10-9-19(23(30)31)27-22(29)20-11-25-21(34-20)12-26-24(32)33-13-18-16-7-3-1-5-14(16)15-6-2-4-8-17(15)18/h1-8,11,18-19,28H,9-10,12-13H2,(H,26,32)(H,27,29)(H,30,31). The largest absolute Gasteiger partial charge is 0.480 e. The van der Waals surface area contributed by atoms with Crippen molar-refractivity contribution in [2.75, 3.05) is 13.2 Å². The van der Waals surface area contributed by atoms with Gasteiger partial charge in [0.2, 0.25) is 0 Å². The Morgan fingerprint density at radius 2 is 1.71 bits per heavy atom.